The average Bonchev–Trinajstić information content (AvgIpc) is 2.24. The normalized spacial score (nSPS) is 12.3. The molecule has 0 fully saturated rings. The smallest absolute Gasteiger partial charge is 0.408 e. The highest BCUT2D eigenvalue weighted by atomic mass is 19.3. The zero-order valence-corrected chi connectivity index (χ0v) is 11.3. The fourth-order valence-corrected chi connectivity index (χ4v) is 1.08. The average molecular weight is 279 g/mol. The van der Waals surface area contributed by atoms with Crippen molar-refractivity contribution in [2.45, 2.75) is 45.8 Å². The van der Waals surface area contributed by atoms with Crippen molar-refractivity contribution in [2.75, 3.05) is 6.61 Å². The largest absolute Gasteiger partial charge is 0.466 e. The third-order valence-corrected chi connectivity index (χ3v) is 1.73. The maximum absolute atomic E-state index is 11.9. The van der Waals surface area contributed by atoms with Gasteiger partial charge in [-0.15, -0.1) is 0 Å². The van der Waals surface area contributed by atoms with Gasteiger partial charge in [0.05, 0.1) is 13.0 Å². The van der Waals surface area contributed by atoms with E-state index in [1.54, 1.807) is 27.7 Å². The fraction of sp³-hybridized carbons (Fsp3) is 0.727. The summed E-state index contributed by atoms with van der Waals surface area (Å²) in [6.07, 6.45) is -1.51. The van der Waals surface area contributed by atoms with Crippen LogP contribution in [0.25, 0.3) is 0 Å². The van der Waals surface area contributed by atoms with Crippen LogP contribution in [-0.2, 0) is 24.0 Å². The van der Waals surface area contributed by atoms with E-state index in [9.17, 15) is 18.9 Å². The summed E-state index contributed by atoms with van der Waals surface area (Å²) in [7, 11) is 0. The molecule has 0 aromatic rings. The number of hydrogen-bond donors (Lipinski definition) is 1. The van der Waals surface area contributed by atoms with Gasteiger partial charge in [0.15, 0.2) is 0 Å². The highest BCUT2D eigenvalue weighted by Gasteiger charge is 2.29. The van der Waals surface area contributed by atoms with Crippen LogP contribution in [0.3, 0.4) is 0 Å². The molecular formula is C11H18FNO6. The fourth-order valence-electron chi connectivity index (χ4n) is 1.08. The summed E-state index contributed by atoms with van der Waals surface area (Å²) in [6, 6.07) is -1.50. The summed E-state index contributed by atoms with van der Waals surface area (Å²) in [4.78, 5) is 36.7. The lowest BCUT2D eigenvalue weighted by molar-refractivity contribution is -0.187. The molecule has 0 aliphatic carbocycles. The van der Waals surface area contributed by atoms with E-state index in [1.165, 1.54) is 0 Å². The molecule has 0 spiro atoms. The number of halogens is 1. The number of nitrogens with one attached hydrogen (secondary N) is 1. The second-order valence-corrected chi connectivity index (χ2v) is 4.60. The molecule has 1 unspecified atom stereocenters. The van der Waals surface area contributed by atoms with Gasteiger partial charge in [0.25, 0.3) is 0 Å². The molecule has 1 atom stereocenters. The van der Waals surface area contributed by atoms with Crippen LogP contribution in [0.2, 0.25) is 0 Å². The Balaban J connectivity index is 4.56. The van der Waals surface area contributed by atoms with Gasteiger partial charge >= 0.3 is 18.0 Å². The van der Waals surface area contributed by atoms with Gasteiger partial charge in [-0.1, -0.05) is 0 Å². The number of carbonyl (C=O) groups excluding carboxylic acids is 3. The van der Waals surface area contributed by atoms with E-state index < -0.39 is 36.1 Å². The van der Waals surface area contributed by atoms with Gasteiger partial charge in [-0.2, -0.15) is 0 Å². The van der Waals surface area contributed by atoms with Crippen LogP contribution in [-0.4, -0.2) is 36.3 Å². The molecule has 0 bridgehead atoms. The van der Waals surface area contributed by atoms with E-state index in [2.05, 4.69) is 9.68 Å². The summed E-state index contributed by atoms with van der Waals surface area (Å²) in [5.41, 5.74) is -0.793. The van der Waals surface area contributed by atoms with Crippen molar-refractivity contribution in [2.24, 2.45) is 0 Å². The molecule has 0 aromatic carbocycles. The molecule has 0 heterocycles. The first kappa shape index (κ1) is 17.1. The lowest BCUT2D eigenvalue weighted by Crippen LogP contribution is -2.45. The number of amides is 1. The third kappa shape index (κ3) is 7.96. The molecule has 8 heteroatoms. The predicted octanol–water partition coefficient (Wildman–Crippen LogP) is 1.26. The number of esters is 1. The van der Waals surface area contributed by atoms with Crippen molar-refractivity contribution in [3.05, 3.63) is 0 Å². The molecule has 7 nitrogen and oxygen atoms in total. The van der Waals surface area contributed by atoms with Crippen molar-refractivity contribution in [3.8, 4) is 0 Å². The Hall–Kier alpha value is -1.86. The quantitative estimate of drug-likeness (QED) is 0.762. The van der Waals surface area contributed by atoms with Crippen LogP contribution in [0.1, 0.15) is 34.1 Å². The monoisotopic (exact) mass is 279 g/mol. The molecule has 1 amide bonds. The number of rotatable bonds is 5. The third-order valence-electron chi connectivity index (χ3n) is 1.73. The number of ether oxygens (including phenoxy) is 2. The molecule has 0 saturated heterocycles. The first-order chi connectivity index (χ1) is 8.69. The van der Waals surface area contributed by atoms with Crippen LogP contribution in [0.5, 0.6) is 0 Å². The summed E-state index contributed by atoms with van der Waals surface area (Å²) < 4.78 is 21.3. The van der Waals surface area contributed by atoms with Crippen LogP contribution >= 0.6 is 0 Å². The van der Waals surface area contributed by atoms with Gasteiger partial charge in [-0.3, -0.25) is 9.74 Å². The number of hydrogen-bond acceptors (Lipinski definition) is 6. The maximum atomic E-state index is 11.9. The molecule has 0 aliphatic heterocycles. The lowest BCUT2D eigenvalue weighted by Gasteiger charge is -2.21. The van der Waals surface area contributed by atoms with E-state index >= 15 is 0 Å². The van der Waals surface area contributed by atoms with E-state index in [1.807, 2.05) is 5.32 Å². The van der Waals surface area contributed by atoms with Crippen molar-refractivity contribution >= 4 is 18.0 Å². The molecule has 0 rings (SSSR count). The first-order valence-corrected chi connectivity index (χ1v) is 5.67. The zero-order valence-electron chi connectivity index (χ0n) is 11.3. The predicted molar refractivity (Wildman–Crippen MR) is 61.6 cm³/mol. The molecule has 1 N–H and O–H groups in total. The highest BCUT2D eigenvalue weighted by Crippen LogP contribution is 2.08. The van der Waals surface area contributed by atoms with Crippen molar-refractivity contribution in [1.29, 1.82) is 0 Å². The Bertz CT molecular complexity index is 339. The van der Waals surface area contributed by atoms with Gasteiger partial charge in [0, 0.05) is 4.53 Å². The lowest BCUT2D eigenvalue weighted by atomic mass is 10.2. The molecule has 0 aliphatic rings. The van der Waals surface area contributed by atoms with Gasteiger partial charge in [0.1, 0.15) is 11.6 Å². The van der Waals surface area contributed by atoms with Crippen LogP contribution in [0.4, 0.5) is 9.32 Å². The summed E-state index contributed by atoms with van der Waals surface area (Å²) in [6.45, 7) is 6.51. The zero-order chi connectivity index (χ0) is 15.1. The SMILES string of the molecule is CCOC(=O)CC(NC(=O)OC(C)(C)C)C(=O)OF. The second-order valence-electron chi connectivity index (χ2n) is 4.60. The molecule has 0 radical (unpaired) electrons. The molecule has 19 heavy (non-hydrogen) atoms. The first-order valence-electron chi connectivity index (χ1n) is 5.67. The van der Waals surface area contributed by atoms with Crippen molar-refractivity contribution in [1.82, 2.24) is 5.32 Å². The minimum atomic E-state index is -1.50. The Morgan fingerprint density at radius 1 is 1.26 bits per heavy atom. The molecule has 110 valence electrons. The number of carbonyl (C=O) groups is 3. The Morgan fingerprint density at radius 2 is 1.84 bits per heavy atom. The van der Waals surface area contributed by atoms with E-state index in [4.69, 9.17) is 4.74 Å². The van der Waals surface area contributed by atoms with Crippen LogP contribution in [0.15, 0.2) is 0 Å². The van der Waals surface area contributed by atoms with Gasteiger partial charge in [0.2, 0.25) is 0 Å². The molecule has 0 saturated carbocycles. The minimum absolute atomic E-state index is 0.0999. The molecule has 0 aromatic heterocycles. The Kier molecular flexibility index (Phi) is 6.81. The van der Waals surface area contributed by atoms with E-state index in [0.29, 0.717) is 0 Å². The van der Waals surface area contributed by atoms with Crippen LogP contribution in [0, 0.1) is 0 Å². The maximum Gasteiger partial charge on any atom is 0.408 e. The van der Waals surface area contributed by atoms with E-state index in [0.717, 1.165) is 0 Å². The Labute approximate surface area is 110 Å². The highest BCUT2D eigenvalue weighted by molar-refractivity contribution is 5.86. The second kappa shape index (κ2) is 7.55. The van der Waals surface area contributed by atoms with Crippen molar-refractivity contribution in [3.63, 3.8) is 0 Å². The van der Waals surface area contributed by atoms with Crippen molar-refractivity contribution < 1.29 is 33.3 Å². The number of alkyl carbamates (subject to hydrolysis) is 1. The minimum Gasteiger partial charge on any atom is -0.466 e. The molecular weight excluding hydrogens is 261 g/mol. The van der Waals surface area contributed by atoms with Gasteiger partial charge in [-0.05, 0) is 27.7 Å². The van der Waals surface area contributed by atoms with Crippen LogP contribution < -0.4 is 5.32 Å². The van der Waals surface area contributed by atoms with E-state index in [-0.39, 0.29) is 6.61 Å². The standard InChI is InChI=1S/C11H18FNO6/c1-5-17-8(14)6-7(9(15)19-12)13-10(16)18-11(2,3)4/h7H,5-6H2,1-4H3,(H,13,16). The summed E-state index contributed by atoms with van der Waals surface area (Å²) >= 11 is 0. The van der Waals surface area contributed by atoms with Gasteiger partial charge < -0.3 is 14.8 Å². The topological polar surface area (TPSA) is 90.9 Å². The summed E-state index contributed by atoms with van der Waals surface area (Å²) in [5.74, 6) is -2.17. The Morgan fingerprint density at radius 3 is 2.26 bits per heavy atom. The summed E-state index contributed by atoms with van der Waals surface area (Å²) in [5, 5.41) is 2.04. The van der Waals surface area contributed by atoms with Gasteiger partial charge in [-0.25, -0.2) is 9.59 Å².